The minimum atomic E-state index is -0.202. The monoisotopic (exact) mass is 331 g/mol. The van der Waals surface area contributed by atoms with Crippen molar-refractivity contribution in [1.29, 1.82) is 0 Å². The van der Waals surface area contributed by atoms with Crippen molar-refractivity contribution >= 4 is 11.4 Å². The summed E-state index contributed by atoms with van der Waals surface area (Å²) in [5, 5.41) is 10.8. The van der Waals surface area contributed by atoms with Crippen LogP contribution in [-0.4, -0.2) is 15.9 Å². The fourth-order valence-corrected chi connectivity index (χ4v) is 3.55. The third kappa shape index (κ3) is 3.34. The zero-order valence-corrected chi connectivity index (χ0v) is 14.8. The first-order valence-electron chi connectivity index (χ1n) is 8.42. The number of carbonyl (C=O) groups excluding carboxylic acids is 1. The van der Waals surface area contributed by atoms with Crippen LogP contribution in [0.5, 0.6) is 0 Å². The molecule has 0 fully saturated rings. The van der Waals surface area contributed by atoms with Crippen molar-refractivity contribution in [3.8, 4) is 11.8 Å². The Morgan fingerprint density at radius 2 is 1.96 bits per heavy atom. The number of aromatic nitrogens is 1. The topological polar surface area (TPSA) is 50.2 Å². The zero-order chi connectivity index (χ0) is 18.0. The molecule has 1 aromatic carbocycles. The lowest BCUT2D eigenvalue weighted by Gasteiger charge is -2.12. The highest BCUT2D eigenvalue weighted by atomic mass is 16.3. The molecule has 3 rings (SSSR count). The third-order valence-corrected chi connectivity index (χ3v) is 4.59. The van der Waals surface area contributed by atoms with E-state index in [1.165, 1.54) is 0 Å². The van der Waals surface area contributed by atoms with Crippen molar-refractivity contribution in [2.75, 3.05) is 0 Å². The molecule has 3 nitrogen and oxygen atoms in total. The van der Waals surface area contributed by atoms with Crippen LogP contribution in [0, 0.1) is 31.6 Å². The van der Waals surface area contributed by atoms with E-state index >= 15 is 0 Å². The van der Waals surface area contributed by atoms with E-state index in [1.807, 2.05) is 44.2 Å². The van der Waals surface area contributed by atoms with Gasteiger partial charge < -0.3 is 5.11 Å². The predicted molar refractivity (Wildman–Crippen MR) is 99.1 cm³/mol. The molecule has 126 valence electrons. The Labute approximate surface area is 148 Å². The number of pyridine rings is 1. The average Bonchev–Trinajstić information content (AvgIpc) is 2.83. The number of rotatable bonds is 3. The minimum absolute atomic E-state index is 0.000966. The number of hydrogen-bond acceptors (Lipinski definition) is 3. The normalized spacial score (nSPS) is 16.8. The van der Waals surface area contributed by atoms with Gasteiger partial charge in [0.15, 0.2) is 5.78 Å². The Hall–Kier alpha value is -2.86. The number of carbonyl (C=O) groups is 1. The maximum Gasteiger partial charge on any atom is 0.167 e. The Kier molecular flexibility index (Phi) is 4.72. The molecule has 3 heteroatoms. The van der Waals surface area contributed by atoms with Gasteiger partial charge in [-0.05, 0) is 68.1 Å². The van der Waals surface area contributed by atoms with Crippen molar-refractivity contribution in [1.82, 2.24) is 4.98 Å². The van der Waals surface area contributed by atoms with Crippen LogP contribution in [0.3, 0.4) is 0 Å². The summed E-state index contributed by atoms with van der Waals surface area (Å²) in [5.74, 6) is 5.93. The van der Waals surface area contributed by atoms with Gasteiger partial charge in [0, 0.05) is 29.8 Å². The molecule has 0 saturated heterocycles. The fraction of sp³-hybridized carbons (Fsp3) is 0.273. The fourth-order valence-electron chi connectivity index (χ4n) is 3.55. The molecule has 0 saturated carbocycles. The second-order valence-corrected chi connectivity index (χ2v) is 6.47. The van der Waals surface area contributed by atoms with Gasteiger partial charge in [-0.3, -0.25) is 9.78 Å². The van der Waals surface area contributed by atoms with Gasteiger partial charge in [-0.15, -0.1) is 5.92 Å². The van der Waals surface area contributed by atoms with E-state index in [0.717, 1.165) is 27.9 Å². The van der Waals surface area contributed by atoms with E-state index in [-0.39, 0.29) is 17.5 Å². The third-order valence-electron chi connectivity index (χ3n) is 4.59. The van der Waals surface area contributed by atoms with Crippen LogP contribution in [0.15, 0.2) is 42.3 Å². The molecule has 0 amide bonds. The van der Waals surface area contributed by atoms with Gasteiger partial charge in [0.2, 0.25) is 0 Å². The summed E-state index contributed by atoms with van der Waals surface area (Å²) >= 11 is 0. The van der Waals surface area contributed by atoms with Crippen LogP contribution < -0.4 is 0 Å². The number of aliphatic hydroxyl groups excluding tert-OH is 1. The Morgan fingerprint density at radius 3 is 2.56 bits per heavy atom. The number of Topliss-reactive ketones (excluding diaryl/α,β-unsaturated/α-hetero) is 1. The molecule has 1 atom stereocenters. The quantitative estimate of drug-likeness (QED) is 0.859. The molecule has 2 aromatic rings. The van der Waals surface area contributed by atoms with Crippen LogP contribution in [0.1, 0.15) is 41.3 Å². The summed E-state index contributed by atoms with van der Waals surface area (Å²) in [6, 6.07) is 9.64. The number of hydrogen-bond donors (Lipinski definition) is 1. The molecule has 1 aromatic heterocycles. The number of aliphatic hydroxyl groups is 1. The highest BCUT2D eigenvalue weighted by Gasteiger charge is 2.34. The molecule has 0 aliphatic heterocycles. The van der Waals surface area contributed by atoms with E-state index in [4.69, 9.17) is 0 Å². The molecular weight excluding hydrogens is 310 g/mol. The average molecular weight is 331 g/mol. The zero-order valence-electron chi connectivity index (χ0n) is 14.8. The first-order valence-corrected chi connectivity index (χ1v) is 8.42. The van der Waals surface area contributed by atoms with Crippen LogP contribution >= 0.6 is 0 Å². The molecule has 1 aliphatic rings. The van der Waals surface area contributed by atoms with Crippen molar-refractivity contribution in [3.05, 3.63) is 70.2 Å². The summed E-state index contributed by atoms with van der Waals surface area (Å²) in [6.45, 7) is 5.72. The standard InChI is InChI=1S/C22H21NO2/c1-4-7-16-10-14(2)20(15(3)11-16)21-19(24)13-17(22(21)25)12-18-8-5-6-9-23-18/h5-6,8-11,17,25H,12-13H2,1-3H3/t17-/m0/s1. The Morgan fingerprint density at radius 1 is 1.24 bits per heavy atom. The SMILES string of the molecule is CC#Cc1cc(C)c(C2=C(O)[C@@H](Cc3ccccn3)CC2=O)c(C)c1. The van der Waals surface area contributed by atoms with Gasteiger partial charge in [0.05, 0.1) is 5.57 Å². The van der Waals surface area contributed by atoms with Gasteiger partial charge in [-0.2, -0.15) is 0 Å². The maximum absolute atomic E-state index is 12.6. The number of nitrogens with zero attached hydrogens (tertiary/aromatic N) is 1. The predicted octanol–water partition coefficient (Wildman–Crippen LogP) is 4.17. The summed E-state index contributed by atoms with van der Waals surface area (Å²) in [5.41, 5.74) is 5.05. The van der Waals surface area contributed by atoms with Gasteiger partial charge in [0.25, 0.3) is 0 Å². The van der Waals surface area contributed by atoms with E-state index in [9.17, 15) is 9.90 Å². The van der Waals surface area contributed by atoms with E-state index in [0.29, 0.717) is 18.4 Å². The largest absolute Gasteiger partial charge is 0.511 e. The lowest BCUT2D eigenvalue weighted by atomic mass is 9.92. The lowest BCUT2D eigenvalue weighted by molar-refractivity contribution is -0.113. The second kappa shape index (κ2) is 6.94. The molecule has 0 radical (unpaired) electrons. The summed E-state index contributed by atoms with van der Waals surface area (Å²) < 4.78 is 0. The lowest BCUT2D eigenvalue weighted by Crippen LogP contribution is -2.06. The van der Waals surface area contributed by atoms with Crippen LogP contribution in [0.2, 0.25) is 0 Å². The molecule has 0 spiro atoms. The highest BCUT2D eigenvalue weighted by molar-refractivity contribution is 6.24. The van der Waals surface area contributed by atoms with Crippen LogP contribution in [0.4, 0.5) is 0 Å². The molecule has 0 unspecified atom stereocenters. The minimum Gasteiger partial charge on any atom is -0.511 e. The number of aryl methyl sites for hydroxylation is 2. The first-order chi connectivity index (χ1) is 12.0. The molecular formula is C22H21NO2. The number of benzene rings is 1. The second-order valence-electron chi connectivity index (χ2n) is 6.47. The smallest absolute Gasteiger partial charge is 0.167 e. The highest BCUT2D eigenvalue weighted by Crippen LogP contribution is 2.38. The van der Waals surface area contributed by atoms with Crippen molar-refractivity contribution in [2.45, 2.75) is 33.6 Å². The van der Waals surface area contributed by atoms with Gasteiger partial charge in [-0.1, -0.05) is 12.0 Å². The van der Waals surface area contributed by atoms with Gasteiger partial charge >= 0.3 is 0 Å². The van der Waals surface area contributed by atoms with E-state index < -0.39 is 0 Å². The van der Waals surface area contributed by atoms with E-state index in [1.54, 1.807) is 13.1 Å². The van der Waals surface area contributed by atoms with Gasteiger partial charge in [0.1, 0.15) is 5.76 Å². The summed E-state index contributed by atoms with van der Waals surface area (Å²) in [4.78, 5) is 16.9. The summed E-state index contributed by atoms with van der Waals surface area (Å²) in [6.07, 6.45) is 2.63. The maximum atomic E-state index is 12.6. The molecule has 1 aliphatic carbocycles. The van der Waals surface area contributed by atoms with E-state index in [2.05, 4.69) is 16.8 Å². The Balaban J connectivity index is 2.00. The molecule has 1 N–H and O–H groups in total. The van der Waals surface area contributed by atoms with Crippen molar-refractivity contribution in [3.63, 3.8) is 0 Å². The van der Waals surface area contributed by atoms with Crippen LogP contribution in [-0.2, 0) is 11.2 Å². The number of ketones is 1. The van der Waals surface area contributed by atoms with Crippen molar-refractivity contribution in [2.24, 2.45) is 5.92 Å². The van der Waals surface area contributed by atoms with Crippen molar-refractivity contribution < 1.29 is 9.90 Å². The Bertz CT molecular complexity index is 891. The number of allylic oxidation sites excluding steroid dienone is 2. The van der Waals surface area contributed by atoms with Crippen LogP contribution in [0.25, 0.3) is 5.57 Å². The molecule has 1 heterocycles. The summed E-state index contributed by atoms with van der Waals surface area (Å²) in [7, 11) is 0. The van der Waals surface area contributed by atoms with Gasteiger partial charge in [-0.25, -0.2) is 0 Å². The molecule has 25 heavy (non-hydrogen) atoms. The molecule has 0 bridgehead atoms. The first kappa shape index (κ1) is 17.0.